The van der Waals surface area contributed by atoms with Gasteiger partial charge in [0, 0.05) is 28.9 Å². The van der Waals surface area contributed by atoms with Gasteiger partial charge in [0.25, 0.3) is 0 Å². The van der Waals surface area contributed by atoms with Gasteiger partial charge in [-0.2, -0.15) is 0 Å². The molecule has 0 aliphatic heterocycles. The van der Waals surface area contributed by atoms with Gasteiger partial charge in [-0.1, -0.05) is 12.8 Å². The van der Waals surface area contributed by atoms with Crippen molar-refractivity contribution < 1.29 is 4.74 Å². The minimum Gasteiger partial charge on any atom is -0.376 e. The number of thiophene rings is 1. The molecule has 0 bridgehead atoms. The zero-order chi connectivity index (χ0) is 13.1. The minimum atomic E-state index is 0.796. The molecule has 0 aromatic carbocycles. The van der Waals surface area contributed by atoms with E-state index in [1.165, 1.54) is 53.8 Å². The SMILES string of the molecule is Cc1sc(CNC2CC2)cc1COCC1CCCC1. The lowest BCUT2D eigenvalue weighted by Crippen LogP contribution is -2.14. The predicted molar refractivity (Wildman–Crippen MR) is 80.5 cm³/mol. The van der Waals surface area contributed by atoms with Gasteiger partial charge in [-0.25, -0.2) is 0 Å². The summed E-state index contributed by atoms with van der Waals surface area (Å²) in [4.78, 5) is 2.89. The van der Waals surface area contributed by atoms with Crippen molar-refractivity contribution in [1.29, 1.82) is 0 Å². The summed E-state index contributed by atoms with van der Waals surface area (Å²) in [6.45, 7) is 5.03. The summed E-state index contributed by atoms with van der Waals surface area (Å²) in [6.07, 6.45) is 8.28. The Hall–Kier alpha value is -0.380. The zero-order valence-electron chi connectivity index (χ0n) is 11.9. The Bertz CT molecular complexity index is 405. The molecule has 19 heavy (non-hydrogen) atoms. The Morgan fingerprint density at radius 2 is 2.05 bits per heavy atom. The van der Waals surface area contributed by atoms with Gasteiger partial charge in [0.15, 0.2) is 0 Å². The average molecular weight is 279 g/mol. The second kappa shape index (κ2) is 6.38. The summed E-state index contributed by atoms with van der Waals surface area (Å²) in [5, 5.41) is 3.58. The normalized spacial score (nSPS) is 20.3. The van der Waals surface area contributed by atoms with Crippen LogP contribution in [0.1, 0.15) is 53.8 Å². The third kappa shape index (κ3) is 4.04. The first-order valence-corrected chi connectivity index (χ1v) is 8.52. The molecular formula is C16H25NOS. The van der Waals surface area contributed by atoms with Crippen LogP contribution in [0, 0.1) is 12.8 Å². The van der Waals surface area contributed by atoms with Gasteiger partial charge in [-0.05, 0) is 50.2 Å². The van der Waals surface area contributed by atoms with E-state index in [9.17, 15) is 0 Å². The highest BCUT2D eigenvalue weighted by atomic mass is 32.1. The van der Waals surface area contributed by atoms with E-state index < -0.39 is 0 Å². The van der Waals surface area contributed by atoms with Gasteiger partial charge >= 0.3 is 0 Å². The molecule has 2 aliphatic rings. The van der Waals surface area contributed by atoms with Crippen LogP contribution in [0.5, 0.6) is 0 Å². The first-order chi connectivity index (χ1) is 9.31. The van der Waals surface area contributed by atoms with Crippen molar-refractivity contribution in [3.05, 3.63) is 21.4 Å². The van der Waals surface area contributed by atoms with E-state index in [4.69, 9.17) is 4.74 Å². The van der Waals surface area contributed by atoms with Crippen molar-refractivity contribution in [1.82, 2.24) is 5.32 Å². The Balaban J connectivity index is 1.43. The third-order valence-corrected chi connectivity index (χ3v) is 5.39. The topological polar surface area (TPSA) is 21.3 Å². The fourth-order valence-corrected chi connectivity index (χ4v) is 3.86. The number of hydrogen-bond acceptors (Lipinski definition) is 3. The maximum absolute atomic E-state index is 5.92. The van der Waals surface area contributed by atoms with Crippen LogP contribution in [0.4, 0.5) is 0 Å². The van der Waals surface area contributed by atoms with Crippen LogP contribution in [-0.4, -0.2) is 12.6 Å². The van der Waals surface area contributed by atoms with Crippen molar-refractivity contribution in [3.8, 4) is 0 Å². The standard InChI is InChI=1S/C16H25NOS/c1-12-14(11-18-10-13-4-2-3-5-13)8-16(19-12)9-17-15-6-7-15/h8,13,15,17H,2-7,9-11H2,1H3. The third-order valence-electron chi connectivity index (χ3n) is 4.30. The number of aryl methyl sites for hydroxylation is 1. The quantitative estimate of drug-likeness (QED) is 0.814. The summed E-state index contributed by atoms with van der Waals surface area (Å²) >= 11 is 1.92. The number of hydrogen-bond donors (Lipinski definition) is 1. The first-order valence-electron chi connectivity index (χ1n) is 7.70. The van der Waals surface area contributed by atoms with Crippen LogP contribution in [0.15, 0.2) is 6.07 Å². The Labute approximate surface area is 120 Å². The van der Waals surface area contributed by atoms with Crippen molar-refractivity contribution in [2.45, 2.75) is 64.6 Å². The number of rotatable bonds is 7. The van der Waals surface area contributed by atoms with Crippen LogP contribution >= 0.6 is 11.3 Å². The van der Waals surface area contributed by atoms with Gasteiger partial charge in [0.1, 0.15) is 0 Å². The molecule has 1 N–H and O–H groups in total. The lowest BCUT2D eigenvalue weighted by Gasteiger charge is -2.09. The molecule has 0 amide bonds. The molecule has 2 saturated carbocycles. The smallest absolute Gasteiger partial charge is 0.0727 e. The lowest BCUT2D eigenvalue weighted by molar-refractivity contribution is 0.0888. The van der Waals surface area contributed by atoms with Gasteiger partial charge in [-0.15, -0.1) is 11.3 Å². The van der Waals surface area contributed by atoms with Crippen LogP contribution in [0.3, 0.4) is 0 Å². The zero-order valence-corrected chi connectivity index (χ0v) is 12.7. The molecule has 3 rings (SSSR count). The molecule has 0 radical (unpaired) electrons. The molecule has 3 heteroatoms. The summed E-state index contributed by atoms with van der Waals surface area (Å²) < 4.78 is 5.92. The Kier molecular flexibility index (Phi) is 4.57. The van der Waals surface area contributed by atoms with E-state index in [2.05, 4.69) is 18.3 Å². The lowest BCUT2D eigenvalue weighted by atomic mass is 10.1. The summed E-state index contributed by atoms with van der Waals surface area (Å²) in [7, 11) is 0. The minimum absolute atomic E-state index is 0.796. The van der Waals surface area contributed by atoms with E-state index in [-0.39, 0.29) is 0 Å². The second-order valence-corrected chi connectivity index (χ2v) is 7.46. The fourth-order valence-electron chi connectivity index (χ4n) is 2.86. The highest BCUT2D eigenvalue weighted by Crippen LogP contribution is 2.27. The first kappa shape index (κ1) is 13.6. The molecule has 2 nitrogen and oxygen atoms in total. The predicted octanol–water partition coefficient (Wildman–Crippen LogP) is 4.02. The Morgan fingerprint density at radius 1 is 1.26 bits per heavy atom. The molecule has 0 saturated heterocycles. The van der Waals surface area contributed by atoms with Crippen LogP contribution < -0.4 is 5.32 Å². The van der Waals surface area contributed by atoms with E-state index in [1.54, 1.807) is 0 Å². The molecule has 106 valence electrons. The molecule has 0 atom stereocenters. The average Bonchev–Trinajstić information content (AvgIpc) is 2.96. The summed E-state index contributed by atoms with van der Waals surface area (Å²) in [6, 6.07) is 3.13. The number of ether oxygens (including phenoxy) is 1. The van der Waals surface area contributed by atoms with E-state index >= 15 is 0 Å². The van der Waals surface area contributed by atoms with Crippen molar-refractivity contribution >= 4 is 11.3 Å². The fraction of sp³-hybridized carbons (Fsp3) is 0.750. The van der Waals surface area contributed by atoms with E-state index in [0.717, 1.165) is 31.7 Å². The maximum Gasteiger partial charge on any atom is 0.0727 e. The van der Waals surface area contributed by atoms with Gasteiger partial charge in [0.2, 0.25) is 0 Å². The molecule has 2 fully saturated rings. The molecule has 1 aromatic rings. The summed E-state index contributed by atoms with van der Waals surface area (Å²) in [5.74, 6) is 0.829. The second-order valence-electron chi connectivity index (χ2n) is 6.11. The van der Waals surface area contributed by atoms with Crippen LogP contribution in [0.2, 0.25) is 0 Å². The molecule has 0 unspecified atom stereocenters. The van der Waals surface area contributed by atoms with Gasteiger partial charge < -0.3 is 10.1 Å². The van der Waals surface area contributed by atoms with Crippen molar-refractivity contribution in [3.63, 3.8) is 0 Å². The molecule has 2 aliphatic carbocycles. The summed E-state index contributed by atoms with van der Waals surface area (Å²) in [5.41, 5.74) is 1.40. The molecular weight excluding hydrogens is 254 g/mol. The van der Waals surface area contributed by atoms with Crippen molar-refractivity contribution in [2.24, 2.45) is 5.92 Å². The number of nitrogens with one attached hydrogen (secondary N) is 1. The largest absolute Gasteiger partial charge is 0.376 e. The highest BCUT2D eigenvalue weighted by Gasteiger charge is 2.20. The molecule has 1 aromatic heterocycles. The highest BCUT2D eigenvalue weighted by molar-refractivity contribution is 7.12. The molecule has 0 spiro atoms. The van der Waals surface area contributed by atoms with E-state index in [1.807, 2.05) is 11.3 Å². The van der Waals surface area contributed by atoms with Crippen LogP contribution in [-0.2, 0) is 17.9 Å². The molecule has 1 heterocycles. The van der Waals surface area contributed by atoms with Crippen LogP contribution in [0.25, 0.3) is 0 Å². The Morgan fingerprint density at radius 3 is 2.79 bits per heavy atom. The maximum atomic E-state index is 5.92. The van der Waals surface area contributed by atoms with Gasteiger partial charge in [0.05, 0.1) is 6.61 Å². The van der Waals surface area contributed by atoms with E-state index in [0.29, 0.717) is 0 Å². The van der Waals surface area contributed by atoms with Gasteiger partial charge in [-0.3, -0.25) is 0 Å². The van der Waals surface area contributed by atoms with Crippen molar-refractivity contribution in [2.75, 3.05) is 6.61 Å². The monoisotopic (exact) mass is 279 g/mol.